The van der Waals surface area contributed by atoms with E-state index in [1.54, 1.807) is 0 Å². The van der Waals surface area contributed by atoms with Crippen molar-refractivity contribution in [3.63, 3.8) is 0 Å². The summed E-state index contributed by atoms with van der Waals surface area (Å²) in [4.78, 5) is 14.6. The van der Waals surface area contributed by atoms with Crippen molar-refractivity contribution in [1.29, 1.82) is 0 Å². The summed E-state index contributed by atoms with van der Waals surface area (Å²) in [6.45, 7) is 6.30. The van der Waals surface area contributed by atoms with E-state index in [4.69, 9.17) is 0 Å². The monoisotopic (exact) mass is 274 g/mol. The number of likely N-dealkylation sites (tertiary alicyclic amines) is 1. The highest BCUT2D eigenvalue weighted by molar-refractivity contribution is 5.85. The number of halogens is 1. The molecule has 0 aromatic carbocycles. The van der Waals surface area contributed by atoms with Crippen LogP contribution in [0.3, 0.4) is 0 Å². The normalized spacial score (nSPS) is 25.6. The van der Waals surface area contributed by atoms with E-state index in [9.17, 15) is 4.79 Å². The first-order chi connectivity index (χ1) is 8.31. The van der Waals surface area contributed by atoms with Crippen LogP contribution in [-0.4, -0.2) is 37.0 Å². The lowest BCUT2D eigenvalue weighted by molar-refractivity contribution is -0.138. The molecule has 2 saturated heterocycles. The van der Waals surface area contributed by atoms with Crippen LogP contribution in [0, 0.1) is 11.8 Å². The average Bonchev–Trinajstić information content (AvgIpc) is 2.40. The molecular weight excluding hydrogens is 248 g/mol. The Balaban J connectivity index is 0.00000162. The van der Waals surface area contributed by atoms with Crippen LogP contribution < -0.4 is 5.32 Å². The zero-order valence-electron chi connectivity index (χ0n) is 11.5. The predicted molar refractivity (Wildman–Crippen MR) is 77.1 cm³/mol. The van der Waals surface area contributed by atoms with Crippen LogP contribution in [0.4, 0.5) is 0 Å². The quantitative estimate of drug-likeness (QED) is 0.857. The van der Waals surface area contributed by atoms with Gasteiger partial charge in [0.2, 0.25) is 5.91 Å². The van der Waals surface area contributed by atoms with Crippen LogP contribution in [0.15, 0.2) is 0 Å². The number of nitrogens with zero attached hydrogens (tertiary/aromatic N) is 1. The number of piperidine rings is 2. The Morgan fingerprint density at radius 1 is 1.28 bits per heavy atom. The summed E-state index contributed by atoms with van der Waals surface area (Å²) in [5, 5.41) is 3.33. The highest BCUT2D eigenvalue weighted by atomic mass is 35.5. The molecular formula is C14H27ClN2O. The van der Waals surface area contributed by atoms with Crippen molar-refractivity contribution in [2.75, 3.05) is 26.2 Å². The van der Waals surface area contributed by atoms with Gasteiger partial charge >= 0.3 is 0 Å². The lowest BCUT2D eigenvalue weighted by Crippen LogP contribution is -2.45. The summed E-state index contributed by atoms with van der Waals surface area (Å²) in [6.07, 6.45) is 7.14. The molecule has 0 radical (unpaired) electrons. The third-order valence-electron chi connectivity index (χ3n) is 4.22. The molecule has 2 aliphatic heterocycles. The van der Waals surface area contributed by atoms with Gasteiger partial charge < -0.3 is 10.2 Å². The van der Waals surface area contributed by atoms with Gasteiger partial charge in [0.05, 0.1) is 0 Å². The molecule has 2 fully saturated rings. The molecule has 2 rings (SSSR count). The van der Waals surface area contributed by atoms with Crippen molar-refractivity contribution >= 4 is 18.3 Å². The van der Waals surface area contributed by atoms with E-state index in [0.29, 0.717) is 11.8 Å². The van der Waals surface area contributed by atoms with Gasteiger partial charge in [-0.2, -0.15) is 0 Å². The van der Waals surface area contributed by atoms with Gasteiger partial charge in [-0.05, 0) is 51.1 Å². The highest BCUT2D eigenvalue weighted by Crippen LogP contribution is 2.24. The Hall–Kier alpha value is -0.280. The average molecular weight is 275 g/mol. The lowest BCUT2D eigenvalue weighted by atomic mass is 9.91. The molecule has 106 valence electrons. The van der Waals surface area contributed by atoms with Crippen LogP contribution in [0.25, 0.3) is 0 Å². The number of nitrogens with one attached hydrogen (secondary N) is 1. The Kier molecular flexibility index (Phi) is 7.02. The summed E-state index contributed by atoms with van der Waals surface area (Å²) in [5.41, 5.74) is 0. The number of hydrogen-bond donors (Lipinski definition) is 1. The maximum atomic E-state index is 12.4. The Bertz CT molecular complexity index is 252. The molecule has 2 heterocycles. The Morgan fingerprint density at radius 3 is 2.67 bits per heavy atom. The Labute approximate surface area is 117 Å². The smallest absolute Gasteiger partial charge is 0.225 e. The first-order valence-electron chi connectivity index (χ1n) is 7.30. The summed E-state index contributed by atoms with van der Waals surface area (Å²) in [6, 6.07) is 0. The molecule has 1 N–H and O–H groups in total. The minimum absolute atomic E-state index is 0. The van der Waals surface area contributed by atoms with Crippen molar-refractivity contribution in [3.05, 3.63) is 0 Å². The second-order valence-corrected chi connectivity index (χ2v) is 5.61. The molecule has 0 saturated carbocycles. The molecule has 0 aromatic heterocycles. The predicted octanol–water partition coefficient (Wildman–Crippen LogP) is 2.45. The van der Waals surface area contributed by atoms with Crippen LogP contribution in [0.5, 0.6) is 0 Å². The fraction of sp³-hybridized carbons (Fsp3) is 0.929. The van der Waals surface area contributed by atoms with Gasteiger partial charge in [-0.1, -0.05) is 13.3 Å². The van der Waals surface area contributed by atoms with E-state index in [1.165, 1.54) is 25.7 Å². The van der Waals surface area contributed by atoms with Crippen molar-refractivity contribution in [3.8, 4) is 0 Å². The topological polar surface area (TPSA) is 32.3 Å². The molecule has 4 heteroatoms. The first-order valence-corrected chi connectivity index (χ1v) is 7.30. The zero-order valence-corrected chi connectivity index (χ0v) is 12.3. The number of carbonyl (C=O) groups excluding carboxylic acids is 1. The molecule has 0 aliphatic carbocycles. The maximum absolute atomic E-state index is 12.4. The van der Waals surface area contributed by atoms with Gasteiger partial charge in [0.1, 0.15) is 0 Å². The minimum Gasteiger partial charge on any atom is -0.342 e. The number of carbonyl (C=O) groups is 1. The third-order valence-corrected chi connectivity index (χ3v) is 4.22. The van der Waals surface area contributed by atoms with E-state index in [1.807, 2.05) is 0 Å². The molecule has 1 amide bonds. The number of hydrogen-bond acceptors (Lipinski definition) is 2. The SMILES string of the molecule is CCCC1CCCN(C(=O)C2CCNCC2)C1.Cl. The third kappa shape index (κ3) is 4.13. The second kappa shape index (κ2) is 8.00. The zero-order chi connectivity index (χ0) is 12.1. The van der Waals surface area contributed by atoms with Crippen LogP contribution in [0.1, 0.15) is 45.4 Å². The molecule has 1 unspecified atom stereocenters. The van der Waals surface area contributed by atoms with Crippen LogP contribution in [-0.2, 0) is 4.79 Å². The fourth-order valence-electron chi connectivity index (χ4n) is 3.24. The van der Waals surface area contributed by atoms with Crippen LogP contribution in [0.2, 0.25) is 0 Å². The number of rotatable bonds is 3. The minimum atomic E-state index is 0. The van der Waals surface area contributed by atoms with Gasteiger partial charge in [-0.3, -0.25) is 4.79 Å². The fourth-order valence-corrected chi connectivity index (χ4v) is 3.24. The summed E-state index contributed by atoms with van der Waals surface area (Å²) >= 11 is 0. The lowest BCUT2D eigenvalue weighted by Gasteiger charge is -2.36. The standard InChI is InChI=1S/C14H26N2O.ClH/c1-2-4-12-5-3-10-16(11-12)14(17)13-6-8-15-9-7-13;/h12-13,15H,2-11H2,1H3;1H. The van der Waals surface area contributed by atoms with E-state index >= 15 is 0 Å². The molecule has 1 atom stereocenters. The summed E-state index contributed by atoms with van der Waals surface area (Å²) < 4.78 is 0. The molecule has 3 nitrogen and oxygen atoms in total. The van der Waals surface area contributed by atoms with E-state index < -0.39 is 0 Å². The summed E-state index contributed by atoms with van der Waals surface area (Å²) in [5.74, 6) is 1.50. The van der Waals surface area contributed by atoms with Crippen molar-refractivity contribution < 1.29 is 4.79 Å². The first kappa shape index (κ1) is 15.8. The van der Waals surface area contributed by atoms with E-state index in [0.717, 1.165) is 44.9 Å². The molecule has 0 spiro atoms. The highest BCUT2D eigenvalue weighted by Gasteiger charge is 2.29. The molecule has 2 aliphatic rings. The molecule has 18 heavy (non-hydrogen) atoms. The van der Waals surface area contributed by atoms with Gasteiger partial charge in [0, 0.05) is 19.0 Å². The van der Waals surface area contributed by atoms with Crippen molar-refractivity contribution in [1.82, 2.24) is 10.2 Å². The van der Waals surface area contributed by atoms with Gasteiger partial charge in [-0.15, -0.1) is 12.4 Å². The van der Waals surface area contributed by atoms with Crippen LogP contribution >= 0.6 is 12.4 Å². The second-order valence-electron chi connectivity index (χ2n) is 5.61. The van der Waals surface area contributed by atoms with Gasteiger partial charge in [0.15, 0.2) is 0 Å². The van der Waals surface area contributed by atoms with Crippen molar-refractivity contribution in [2.45, 2.75) is 45.4 Å². The number of amides is 1. The maximum Gasteiger partial charge on any atom is 0.225 e. The Morgan fingerprint density at radius 2 is 2.00 bits per heavy atom. The molecule has 0 aromatic rings. The largest absolute Gasteiger partial charge is 0.342 e. The van der Waals surface area contributed by atoms with E-state index in [2.05, 4.69) is 17.1 Å². The van der Waals surface area contributed by atoms with Crippen molar-refractivity contribution in [2.24, 2.45) is 11.8 Å². The van der Waals surface area contributed by atoms with Gasteiger partial charge in [-0.25, -0.2) is 0 Å². The van der Waals surface area contributed by atoms with E-state index in [-0.39, 0.29) is 12.4 Å². The molecule has 0 bridgehead atoms. The van der Waals surface area contributed by atoms with Gasteiger partial charge in [0.25, 0.3) is 0 Å². The summed E-state index contributed by atoms with van der Waals surface area (Å²) in [7, 11) is 0.